The summed E-state index contributed by atoms with van der Waals surface area (Å²) in [6.07, 6.45) is 0. The first-order valence-electron chi connectivity index (χ1n) is 20.9. The van der Waals surface area contributed by atoms with Crippen LogP contribution in [0.4, 0.5) is 28.4 Å². The van der Waals surface area contributed by atoms with Gasteiger partial charge in [-0.15, -0.1) is 22.7 Å². The van der Waals surface area contributed by atoms with E-state index in [-0.39, 0.29) is 12.3 Å². The van der Waals surface area contributed by atoms with Crippen molar-refractivity contribution in [3.8, 4) is 22.3 Å². The molecule has 0 spiro atoms. The van der Waals surface area contributed by atoms with Gasteiger partial charge in [-0.25, -0.2) is 0 Å². The van der Waals surface area contributed by atoms with Crippen LogP contribution in [0.15, 0.2) is 176 Å². The van der Waals surface area contributed by atoms with Crippen molar-refractivity contribution in [1.29, 1.82) is 0 Å². The van der Waals surface area contributed by atoms with Gasteiger partial charge in [-0.2, -0.15) is 0 Å². The maximum Gasteiger partial charge on any atom is 0.333 e. The summed E-state index contributed by atoms with van der Waals surface area (Å²) in [5.74, 6) is 0. The molecular weight excluding hydrogens is 764 g/mol. The molecule has 0 amide bonds. The minimum atomic E-state index is -0.237. The summed E-state index contributed by atoms with van der Waals surface area (Å²) in [5.41, 5.74) is 16.7. The van der Waals surface area contributed by atoms with Crippen molar-refractivity contribution in [3.63, 3.8) is 0 Å². The molecule has 2 aromatic heterocycles. The molecule has 60 heavy (non-hydrogen) atoms. The van der Waals surface area contributed by atoms with Crippen molar-refractivity contribution >= 4 is 120 Å². The van der Waals surface area contributed by atoms with Crippen LogP contribution in [0.1, 0.15) is 25.0 Å². The molecule has 0 radical (unpaired) electrons. The summed E-state index contributed by atoms with van der Waals surface area (Å²) >= 11 is 3.87. The van der Waals surface area contributed by atoms with Crippen molar-refractivity contribution in [3.05, 3.63) is 187 Å². The van der Waals surface area contributed by atoms with E-state index >= 15 is 0 Å². The standard InChI is InChI=1S/C55H35BN2S2/c1-55(2)42-21-13-22-44-51(42)57(47-30-34-17-7-6-16-33(34)28-43(47)55)52-50-40(31-41-38-19-9-11-25-49(38)60-54(41)52)36-27-26-35(32-14-4-3-5-15-32)29-46(36)58(56(44)50)45-23-12-20-39-37-18-8-10-24-48(37)59-53(39)45/h3-31H,1-2H3. The van der Waals surface area contributed by atoms with Gasteiger partial charge in [0, 0.05) is 59.0 Å². The van der Waals surface area contributed by atoms with E-state index < -0.39 is 0 Å². The van der Waals surface area contributed by atoms with Crippen LogP contribution < -0.4 is 20.6 Å². The minimum absolute atomic E-state index is 0.0806. The number of para-hydroxylation sites is 1. The Balaban J connectivity index is 1.18. The second kappa shape index (κ2) is 11.8. The zero-order valence-corrected chi connectivity index (χ0v) is 34.7. The van der Waals surface area contributed by atoms with Gasteiger partial charge in [-0.05, 0) is 92.0 Å². The molecule has 14 rings (SSSR count). The first-order chi connectivity index (χ1) is 29.5. The first kappa shape index (κ1) is 33.2. The normalized spacial score (nSPS) is 14.5. The van der Waals surface area contributed by atoms with Crippen LogP contribution in [0.25, 0.3) is 73.4 Å². The third kappa shape index (κ3) is 4.23. The molecule has 0 unspecified atom stereocenters. The molecule has 280 valence electrons. The maximum atomic E-state index is 2.74. The highest BCUT2D eigenvalue weighted by molar-refractivity contribution is 7.27. The van der Waals surface area contributed by atoms with Gasteiger partial charge in [0.1, 0.15) is 0 Å². The summed E-state index contributed by atoms with van der Waals surface area (Å²) in [5, 5.41) is 7.84. The lowest BCUT2D eigenvalue weighted by Gasteiger charge is -2.50. The van der Waals surface area contributed by atoms with Gasteiger partial charge in [0.2, 0.25) is 0 Å². The zero-order chi connectivity index (χ0) is 39.4. The van der Waals surface area contributed by atoms with Crippen molar-refractivity contribution < 1.29 is 0 Å². The van der Waals surface area contributed by atoms with Crippen LogP contribution in [-0.4, -0.2) is 6.85 Å². The van der Waals surface area contributed by atoms with Crippen molar-refractivity contribution in [2.24, 2.45) is 0 Å². The number of hydrogen-bond donors (Lipinski definition) is 0. The van der Waals surface area contributed by atoms with Crippen LogP contribution in [0.3, 0.4) is 0 Å². The van der Waals surface area contributed by atoms with Gasteiger partial charge in [-0.1, -0.05) is 147 Å². The van der Waals surface area contributed by atoms with Crippen molar-refractivity contribution in [1.82, 2.24) is 0 Å². The molecule has 3 aliphatic heterocycles. The highest BCUT2D eigenvalue weighted by Gasteiger charge is 2.50. The summed E-state index contributed by atoms with van der Waals surface area (Å²) in [7, 11) is 0. The number of benzene rings is 9. The molecule has 9 aromatic carbocycles. The number of fused-ring (bicyclic) bond motifs is 14. The Hall–Kier alpha value is -6.66. The third-order valence-corrected chi connectivity index (χ3v) is 16.2. The molecular formula is C55H35BN2S2. The van der Waals surface area contributed by atoms with E-state index in [0.29, 0.717) is 0 Å². The van der Waals surface area contributed by atoms with Crippen LogP contribution >= 0.6 is 22.7 Å². The molecule has 0 atom stereocenters. The highest BCUT2D eigenvalue weighted by Crippen LogP contribution is 2.58. The summed E-state index contributed by atoms with van der Waals surface area (Å²) in [4.78, 5) is 5.44. The van der Waals surface area contributed by atoms with E-state index in [4.69, 9.17) is 0 Å². The summed E-state index contributed by atoms with van der Waals surface area (Å²) in [6.45, 7) is 4.79. The van der Waals surface area contributed by atoms with E-state index in [1.54, 1.807) is 0 Å². The number of anilines is 5. The number of hydrogen-bond acceptors (Lipinski definition) is 4. The first-order valence-corrected chi connectivity index (χ1v) is 22.5. The second-order valence-corrected chi connectivity index (χ2v) is 19.3. The lowest BCUT2D eigenvalue weighted by molar-refractivity contribution is 0.633. The van der Waals surface area contributed by atoms with Crippen LogP contribution in [0.2, 0.25) is 0 Å². The molecule has 3 aliphatic rings. The Bertz CT molecular complexity index is 3670. The number of thiophene rings is 2. The van der Waals surface area contributed by atoms with E-state index in [1.807, 2.05) is 22.7 Å². The van der Waals surface area contributed by atoms with Crippen LogP contribution in [0.5, 0.6) is 0 Å². The molecule has 0 aliphatic carbocycles. The molecule has 0 N–H and O–H groups in total. The number of nitrogens with zero attached hydrogens (tertiary/aromatic N) is 2. The van der Waals surface area contributed by atoms with E-state index in [2.05, 4.69) is 199 Å². The molecule has 0 fully saturated rings. The fourth-order valence-electron chi connectivity index (χ4n) is 11.0. The monoisotopic (exact) mass is 798 g/mol. The molecule has 0 saturated heterocycles. The molecule has 5 heterocycles. The fraction of sp³-hybridized carbons (Fsp3) is 0.0545. The fourth-order valence-corrected chi connectivity index (χ4v) is 13.5. The topological polar surface area (TPSA) is 6.48 Å². The Labute approximate surface area is 356 Å². The Morgan fingerprint density at radius 1 is 0.450 bits per heavy atom. The van der Waals surface area contributed by atoms with Gasteiger partial charge >= 0.3 is 6.85 Å². The smallest absolute Gasteiger partial charge is 0.333 e. The van der Waals surface area contributed by atoms with Crippen molar-refractivity contribution in [2.75, 3.05) is 9.71 Å². The SMILES string of the molecule is CC1(C)c2cc3ccccc3cc2N2c3c(cccc31)B1c3c(cc4c(sc5ccccc54)c32)-c2ccc(-c3ccccc3)cc2N1c1cccc2c1sc1ccccc12. The van der Waals surface area contributed by atoms with Gasteiger partial charge in [0.15, 0.2) is 0 Å². The minimum Gasteiger partial charge on any atom is -0.375 e. The molecule has 2 nitrogen and oxygen atoms in total. The zero-order valence-electron chi connectivity index (χ0n) is 33.0. The predicted molar refractivity (Wildman–Crippen MR) is 261 cm³/mol. The maximum absolute atomic E-state index is 2.74. The largest absolute Gasteiger partial charge is 0.375 e. The van der Waals surface area contributed by atoms with Crippen molar-refractivity contribution in [2.45, 2.75) is 19.3 Å². The molecule has 11 aromatic rings. The van der Waals surface area contributed by atoms with Gasteiger partial charge in [-0.3, -0.25) is 0 Å². The van der Waals surface area contributed by atoms with Gasteiger partial charge in [0.25, 0.3) is 0 Å². The molecule has 0 bridgehead atoms. The van der Waals surface area contributed by atoms with Crippen LogP contribution in [0, 0.1) is 0 Å². The average molecular weight is 799 g/mol. The average Bonchev–Trinajstić information content (AvgIpc) is 3.87. The Morgan fingerprint density at radius 3 is 1.95 bits per heavy atom. The van der Waals surface area contributed by atoms with Crippen LogP contribution in [-0.2, 0) is 5.41 Å². The summed E-state index contributed by atoms with van der Waals surface area (Å²) < 4.78 is 5.32. The lowest BCUT2D eigenvalue weighted by atomic mass is 9.42. The molecule has 5 heteroatoms. The Kier molecular flexibility index (Phi) is 6.51. The van der Waals surface area contributed by atoms with Gasteiger partial charge < -0.3 is 9.71 Å². The summed E-state index contributed by atoms with van der Waals surface area (Å²) in [6, 6.07) is 66.6. The van der Waals surface area contributed by atoms with E-state index in [9.17, 15) is 0 Å². The lowest BCUT2D eigenvalue weighted by Crippen LogP contribution is -2.62. The van der Waals surface area contributed by atoms with E-state index in [1.165, 1.54) is 124 Å². The Morgan fingerprint density at radius 2 is 1.13 bits per heavy atom. The van der Waals surface area contributed by atoms with E-state index in [0.717, 1.165) is 0 Å². The predicted octanol–water partition coefficient (Wildman–Crippen LogP) is 14.6. The second-order valence-electron chi connectivity index (χ2n) is 17.2. The van der Waals surface area contributed by atoms with Gasteiger partial charge in [0.05, 0.1) is 20.8 Å². The number of rotatable bonds is 2. The third-order valence-electron chi connectivity index (χ3n) is 13.8. The molecule has 0 saturated carbocycles. The highest BCUT2D eigenvalue weighted by atomic mass is 32.1. The quantitative estimate of drug-likeness (QED) is 0.161.